The Bertz CT molecular complexity index is 6350. The molecule has 0 atom stereocenters. The maximum absolute atomic E-state index is 5.42. The third kappa shape index (κ3) is 8.22. The van der Waals surface area contributed by atoms with Crippen molar-refractivity contribution in [2.75, 3.05) is 0 Å². The molecule has 0 aliphatic carbocycles. The number of fused-ring (bicyclic) bond motifs is 19. The summed E-state index contributed by atoms with van der Waals surface area (Å²) in [7, 11) is 0. The maximum atomic E-state index is 5.42. The van der Waals surface area contributed by atoms with Gasteiger partial charge in [0.2, 0.25) is 11.9 Å². The minimum absolute atomic E-state index is 0.676. The van der Waals surface area contributed by atoms with E-state index in [-0.39, 0.29) is 0 Å². The van der Waals surface area contributed by atoms with Gasteiger partial charge in [0.25, 0.3) is 0 Å². The van der Waals surface area contributed by atoms with Crippen LogP contribution in [0.4, 0.5) is 0 Å². The minimum atomic E-state index is 0.676. The molecule has 0 radical (unpaired) electrons. The number of hydrogen-bond acceptors (Lipinski definition) is 7. The lowest BCUT2D eigenvalue weighted by molar-refractivity contribution is 1.01. The molecule has 9 heteroatoms. The van der Waals surface area contributed by atoms with Crippen LogP contribution < -0.4 is 0 Å². The van der Waals surface area contributed by atoms with Crippen molar-refractivity contribution in [1.82, 2.24) is 29.1 Å². The van der Waals surface area contributed by atoms with Crippen molar-refractivity contribution < 1.29 is 0 Å². The lowest BCUT2D eigenvalue weighted by atomic mass is 9.97. The third-order valence-corrected chi connectivity index (χ3v) is 21.7. The molecule has 0 amide bonds. The second-order valence-corrected chi connectivity index (χ2v) is 26.3. The van der Waals surface area contributed by atoms with Crippen LogP contribution in [-0.2, 0) is 0 Å². The first-order valence-corrected chi connectivity index (χ1v) is 33.0. The fourth-order valence-corrected chi connectivity index (χ4v) is 17.7. The van der Waals surface area contributed by atoms with E-state index < -0.39 is 0 Å². The van der Waals surface area contributed by atoms with Gasteiger partial charge in [-0.3, -0.25) is 9.13 Å². The smallest absolute Gasteiger partial charge is 0.235 e. The fraction of sp³-hybridized carbons (Fsp3) is 0. The van der Waals surface area contributed by atoms with Gasteiger partial charge in [-0.2, -0.15) is 0 Å². The molecule has 7 aromatic heterocycles. The highest BCUT2D eigenvalue weighted by Gasteiger charge is 2.24. The zero-order chi connectivity index (χ0) is 59.7. The van der Waals surface area contributed by atoms with Crippen molar-refractivity contribution >= 4 is 160 Å². The highest BCUT2D eigenvalue weighted by molar-refractivity contribution is 7.27. The van der Waals surface area contributed by atoms with Gasteiger partial charge in [-0.1, -0.05) is 231 Å². The highest BCUT2D eigenvalue weighted by Crippen LogP contribution is 2.47. The Labute approximate surface area is 533 Å². The van der Waals surface area contributed by atoms with Crippen molar-refractivity contribution in [2.45, 2.75) is 0 Å². The van der Waals surface area contributed by atoms with Crippen LogP contribution in [0.1, 0.15) is 0 Å². The number of benzene rings is 13. The lowest BCUT2D eigenvalue weighted by Gasteiger charge is -2.12. The van der Waals surface area contributed by atoms with E-state index in [1.54, 1.807) is 0 Å². The minimum Gasteiger partial charge on any atom is -0.278 e. The van der Waals surface area contributed by atoms with E-state index in [4.69, 9.17) is 19.9 Å². The van der Waals surface area contributed by atoms with E-state index in [1.807, 2.05) is 34.0 Å². The molecule has 20 aromatic rings. The van der Waals surface area contributed by atoms with Crippen molar-refractivity contribution in [2.24, 2.45) is 0 Å². The molecule has 0 saturated heterocycles. The standard InChI is InChI=1S/C44H27N3S.C38H21N3S2/c1-2-11-28(12-3-1)31-13-10-14-32(27-31)29-21-23-30(24-22-29)42-35-16-4-7-18-37(35)45-44(46-42)47-38-19-8-5-17-36(38)41-39(47)26-25-34-33-15-6-9-20-40(33)48-43(34)41;1-5-16-29-26(12-1)35(28-15-9-14-24-22-10-3-7-18-32(22)42-36(24)28)40-38(39-29)41-30-17-6-2-13-27(30)34-31(41)21-20-25-23-11-4-8-19-33(23)43-37(25)34/h1-27H;1-21H. The van der Waals surface area contributed by atoms with Crippen LogP contribution in [0.2, 0.25) is 0 Å². The molecular formula is C82H48N6S3. The molecular weight excluding hydrogens is 1170 g/mol. The SMILES string of the molecule is c1ccc(-c2cccc(-c3ccc(-c4nc(-n5c6ccccc6c6c7sc8ccccc8c7ccc65)nc5ccccc45)cc3)c2)cc1.c1ccc2c(-c3cccc4c3sc3ccccc34)nc(-n3c4ccccc4c4c5sc6ccccc6c5ccc43)nc2c1. The van der Waals surface area contributed by atoms with Gasteiger partial charge >= 0.3 is 0 Å². The number of rotatable bonds is 6. The Hall–Kier alpha value is -11.2. The zero-order valence-corrected chi connectivity index (χ0v) is 51.1. The summed E-state index contributed by atoms with van der Waals surface area (Å²) >= 11 is 5.57. The Kier molecular flexibility index (Phi) is 11.8. The van der Waals surface area contributed by atoms with E-state index in [1.165, 1.54) is 104 Å². The van der Waals surface area contributed by atoms with Crippen molar-refractivity contribution in [3.63, 3.8) is 0 Å². The summed E-state index contributed by atoms with van der Waals surface area (Å²) in [4.78, 5) is 21.2. The predicted octanol–water partition coefficient (Wildman–Crippen LogP) is 23.2. The summed E-state index contributed by atoms with van der Waals surface area (Å²) in [6.45, 7) is 0. The first-order chi connectivity index (χ1) is 45.1. The summed E-state index contributed by atoms with van der Waals surface area (Å²) in [6.07, 6.45) is 0. The number of aromatic nitrogens is 6. The molecule has 0 N–H and O–H groups in total. The van der Waals surface area contributed by atoms with Crippen LogP contribution in [-0.4, -0.2) is 29.1 Å². The topological polar surface area (TPSA) is 61.4 Å². The Morgan fingerprint density at radius 2 is 0.615 bits per heavy atom. The van der Waals surface area contributed by atoms with Gasteiger partial charge < -0.3 is 0 Å². The quantitative estimate of drug-likeness (QED) is 0.166. The van der Waals surface area contributed by atoms with Gasteiger partial charge in [0.05, 0.1) is 44.5 Å². The summed E-state index contributed by atoms with van der Waals surface area (Å²) in [5.74, 6) is 1.37. The number of hydrogen-bond donors (Lipinski definition) is 0. The average Bonchev–Trinajstić information content (AvgIpc) is 1.59. The molecule has 0 saturated carbocycles. The molecule has 20 rings (SSSR count). The van der Waals surface area contributed by atoms with Gasteiger partial charge in [-0.05, 0) is 82.9 Å². The third-order valence-electron chi connectivity index (χ3n) is 18.1. The normalized spacial score (nSPS) is 12.0. The second-order valence-electron chi connectivity index (χ2n) is 23.2. The van der Waals surface area contributed by atoms with E-state index in [9.17, 15) is 0 Å². The van der Waals surface area contributed by atoms with Crippen molar-refractivity contribution in [3.8, 4) is 56.7 Å². The summed E-state index contributed by atoms with van der Waals surface area (Å²) < 4.78 is 12.3. The van der Waals surface area contributed by atoms with Gasteiger partial charge in [0, 0.05) is 104 Å². The van der Waals surface area contributed by atoms with Crippen molar-refractivity contribution in [1.29, 1.82) is 0 Å². The first-order valence-electron chi connectivity index (χ1n) is 30.5. The van der Waals surface area contributed by atoms with Crippen molar-refractivity contribution in [3.05, 3.63) is 291 Å². The van der Waals surface area contributed by atoms with Crippen LogP contribution in [0.25, 0.3) is 183 Å². The van der Waals surface area contributed by atoms with Crippen LogP contribution in [0, 0.1) is 0 Å². The second kappa shape index (κ2) is 20.7. The molecule has 0 unspecified atom stereocenters. The molecule has 0 bridgehead atoms. The molecule has 91 heavy (non-hydrogen) atoms. The highest BCUT2D eigenvalue weighted by atomic mass is 32.1. The molecule has 0 fully saturated rings. The summed E-state index contributed by atoms with van der Waals surface area (Å²) in [5, 5.41) is 14.8. The molecule has 424 valence electrons. The van der Waals surface area contributed by atoms with Crippen LogP contribution in [0.15, 0.2) is 291 Å². The van der Waals surface area contributed by atoms with E-state index in [0.29, 0.717) is 11.9 Å². The molecule has 0 aliphatic rings. The lowest BCUT2D eigenvalue weighted by Crippen LogP contribution is -2.03. The van der Waals surface area contributed by atoms with E-state index >= 15 is 0 Å². The van der Waals surface area contributed by atoms with E-state index in [2.05, 4.69) is 300 Å². The Balaban J connectivity index is 0.000000131. The molecule has 6 nitrogen and oxygen atoms in total. The fourth-order valence-electron chi connectivity index (χ4n) is 13.9. The largest absolute Gasteiger partial charge is 0.278 e. The molecule has 13 aromatic carbocycles. The zero-order valence-electron chi connectivity index (χ0n) is 48.6. The molecule has 7 heterocycles. The van der Waals surface area contributed by atoms with Gasteiger partial charge in [-0.25, -0.2) is 19.9 Å². The average molecular weight is 1210 g/mol. The Morgan fingerprint density at radius 1 is 0.231 bits per heavy atom. The monoisotopic (exact) mass is 1210 g/mol. The van der Waals surface area contributed by atoms with Gasteiger partial charge in [-0.15, -0.1) is 34.0 Å². The number of para-hydroxylation sites is 4. The van der Waals surface area contributed by atoms with Crippen LogP contribution >= 0.6 is 34.0 Å². The van der Waals surface area contributed by atoms with Gasteiger partial charge in [0.1, 0.15) is 0 Å². The number of thiophene rings is 3. The maximum Gasteiger partial charge on any atom is 0.235 e. The first kappa shape index (κ1) is 51.8. The molecule has 0 spiro atoms. The number of nitrogens with zero attached hydrogens (tertiary/aromatic N) is 6. The van der Waals surface area contributed by atoms with Gasteiger partial charge in [0.15, 0.2) is 0 Å². The predicted molar refractivity (Wildman–Crippen MR) is 388 cm³/mol. The van der Waals surface area contributed by atoms with Crippen LogP contribution in [0.5, 0.6) is 0 Å². The van der Waals surface area contributed by atoms with E-state index in [0.717, 1.165) is 66.4 Å². The summed E-state index contributed by atoms with van der Waals surface area (Å²) in [6, 6.07) is 104. The van der Waals surface area contributed by atoms with Crippen LogP contribution in [0.3, 0.4) is 0 Å². The summed E-state index contributed by atoms with van der Waals surface area (Å²) in [5.41, 5.74) is 15.2. The molecule has 0 aliphatic heterocycles. The Morgan fingerprint density at radius 3 is 1.16 bits per heavy atom.